The number of aliphatic hydroxyl groups excluding tert-OH is 1. The van der Waals surface area contributed by atoms with Crippen molar-refractivity contribution in [2.24, 2.45) is 0 Å². The van der Waals surface area contributed by atoms with Crippen LogP contribution in [0.5, 0.6) is 5.75 Å². The summed E-state index contributed by atoms with van der Waals surface area (Å²) in [5.74, 6) is -0.525. The molecule has 0 amide bonds. The van der Waals surface area contributed by atoms with E-state index in [2.05, 4.69) is 4.98 Å². The molecule has 6 nitrogen and oxygen atoms in total. The number of carbonyl (C=O) groups is 1. The van der Waals surface area contributed by atoms with Crippen LogP contribution in [0.1, 0.15) is 30.1 Å². The number of hydrogen-bond acceptors (Lipinski definition) is 6. The number of aliphatic hydroxyl groups is 1. The van der Waals surface area contributed by atoms with Crippen molar-refractivity contribution in [1.29, 1.82) is 0 Å². The summed E-state index contributed by atoms with van der Waals surface area (Å²) in [4.78, 5) is 30.4. The van der Waals surface area contributed by atoms with Crippen LogP contribution < -0.4 is 5.56 Å². The predicted octanol–water partition coefficient (Wildman–Crippen LogP) is 6.68. The van der Waals surface area contributed by atoms with Crippen molar-refractivity contribution in [2.75, 3.05) is 25.9 Å². The van der Waals surface area contributed by atoms with Crippen LogP contribution in [-0.2, 0) is 11.0 Å². The van der Waals surface area contributed by atoms with Gasteiger partial charge in [-0.1, -0.05) is 41.9 Å². The lowest BCUT2D eigenvalue weighted by Crippen LogP contribution is -2.26. The largest absolute Gasteiger partial charge is 0.507 e. The Hall–Kier alpha value is -3.31. The first-order valence-corrected chi connectivity index (χ1v) is 14.1. The number of aromatic amines is 1. The van der Waals surface area contributed by atoms with Gasteiger partial charge in [-0.15, -0.1) is 11.8 Å². The molecule has 0 saturated carbocycles. The third kappa shape index (κ3) is 7.71. The van der Waals surface area contributed by atoms with Crippen LogP contribution in [0, 0.1) is 0 Å². The number of aromatic hydroxyl groups is 1. The van der Waals surface area contributed by atoms with Gasteiger partial charge in [-0.05, 0) is 62.0 Å². The summed E-state index contributed by atoms with van der Waals surface area (Å²) in [6.07, 6.45) is -4.57. The van der Waals surface area contributed by atoms with Crippen LogP contribution in [0.15, 0.2) is 76.4 Å². The van der Waals surface area contributed by atoms with Gasteiger partial charge in [0.1, 0.15) is 11.5 Å². The molecule has 4 rings (SSSR count). The molecule has 0 fully saturated rings. The Morgan fingerprint density at radius 2 is 1.83 bits per heavy atom. The average molecular weight is 605 g/mol. The Balaban J connectivity index is 1.52. The van der Waals surface area contributed by atoms with Crippen molar-refractivity contribution in [3.63, 3.8) is 0 Å². The molecule has 3 aromatic carbocycles. The number of pyridine rings is 1. The molecule has 11 heteroatoms. The second-order valence-electron chi connectivity index (χ2n) is 9.70. The summed E-state index contributed by atoms with van der Waals surface area (Å²) in [7, 11) is 1.85. The summed E-state index contributed by atoms with van der Waals surface area (Å²) in [6, 6.07) is 16.3. The van der Waals surface area contributed by atoms with E-state index >= 15 is 0 Å². The Morgan fingerprint density at radius 1 is 1.10 bits per heavy atom. The summed E-state index contributed by atoms with van der Waals surface area (Å²) < 4.78 is 40.6. The van der Waals surface area contributed by atoms with Crippen molar-refractivity contribution >= 4 is 40.0 Å². The zero-order valence-electron chi connectivity index (χ0n) is 22.0. The number of alkyl halides is 3. The van der Waals surface area contributed by atoms with Crippen molar-refractivity contribution in [3.8, 4) is 16.9 Å². The van der Waals surface area contributed by atoms with Gasteiger partial charge in [-0.3, -0.25) is 9.59 Å². The number of nitrogens with one attached hydrogen (secondary N) is 1. The van der Waals surface area contributed by atoms with E-state index in [9.17, 15) is 33.0 Å². The van der Waals surface area contributed by atoms with Crippen LogP contribution in [0.25, 0.3) is 22.0 Å². The van der Waals surface area contributed by atoms with Crippen molar-refractivity contribution in [3.05, 3.63) is 93.2 Å². The van der Waals surface area contributed by atoms with Gasteiger partial charge in [-0.25, -0.2) is 0 Å². The Kier molecular flexibility index (Phi) is 9.80. The molecule has 0 aliphatic heterocycles. The summed E-state index contributed by atoms with van der Waals surface area (Å²) in [5.41, 5.74) is -0.415. The highest BCUT2D eigenvalue weighted by molar-refractivity contribution is 8.00. The van der Waals surface area contributed by atoms with Crippen LogP contribution in [0.3, 0.4) is 0 Å². The molecule has 1 heterocycles. The maximum atomic E-state index is 13.5. The lowest BCUT2D eigenvalue weighted by Gasteiger charge is -2.20. The first-order valence-electron chi connectivity index (χ1n) is 12.8. The maximum absolute atomic E-state index is 13.5. The van der Waals surface area contributed by atoms with Crippen LogP contribution in [-0.4, -0.2) is 51.8 Å². The van der Waals surface area contributed by atoms with Gasteiger partial charge in [-0.2, -0.15) is 13.2 Å². The number of carbonyl (C=O) groups excluding carboxylic acids is 1. The molecular weight excluding hydrogens is 577 g/mol. The monoisotopic (exact) mass is 604 g/mol. The first kappa shape index (κ1) is 30.6. The number of benzene rings is 3. The number of aromatic nitrogens is 1. The molecule has 1 atom stereocenters. The number of phenolic OH excluding ortho intramolecular Hbond substituents is 1. The number of likely N-dealkylation sites (N-methyl/N-ethyl adjacent to an activating group) is 1. The van der Waals surface area contributed by atoms with E-state index in [0.29, 0.717) is 19.5 Å². The predicted molar refractivity (Wildman–Crippen MR) is 156 cm³/mol. The highest BCUT2D eigenvalue weighted by atomic mass is 35.5. The number of ketones is 1. The number of Topliss-reactive ketones (excluding diaryl/α,β-unsaturated/α-hetero) is 1. The van der Waals surface area contributed by atoms with Gasteiger partial charge in [0.05, 0.1) is 22.3 Å². The molecule has 3 N–H and O–H groups in total. The van der Waals surface area contributed by atoms with Crippen molar-refractivity contribution in [1.82, 2.24) is 9.88 Å². The SMILES string of the molecule is CN(CCCC(=O)CSc1c(-c2cc(Cl)ccc2O)c2cc(C(F)(F)F)ccc2[nH]c1=O)CC(O)c1ccccc1. The van der Waals surface area contributed by atoms with Gasteiger partial charge in [0.15, 0.2) is 0 Å². The van der Waals surface area contributed by atoms with E-state index in [-0.39, 0.29) is 55.7 Å². The average Bonchev–Trinajstić information content (AvgIpc) is 2.92. The minimum Gasteiger partial charge on any atom is -0.507 e. The Morgan fingerprint density at radius 3 is 2.54 bits per heavy atom. The quantitative estimate of drug-likeness (QED) is 0.165. The topological polar surface area (TPSA) is 93.6 Å². The number of nitrogens with zero attached hydrogens (tertiary/aromatic N) is 1. The number of hydrogen-bond donors (Lipinski definition) is 3. The molecule has 0 saturated heterocycles. The second-order valence-corrected chi connectivity index (χ2v) is 11.1. The molecular formula is C30H28ClF3N2O4S. The molecule has 0 aliphatic carbocycles. The Bertz CT molecular complexity index is 1590. The number of phenols is 1. The van der Waals surface area contributed by atoms with Gasteiger partial charge < -0.3 is 20.1 Å². The fourth-order valence-electron chi connectivity index (χ4n) is 4.50. The normalized spacial score (nSPS) is 12.7. The van der Waals surface area contributed by atoms with Crippen LogP contribution in [0.2, 0.25) is 5.02 Å². The molecule has 216 valence electrons. The standard InChI is InChI=1S/C30H28ClF3N2O4S/c1-36(16-26(39)18-6-3-2-4-7-18)13-5-8-21(37)17-41-28-27(23-15-20(31)10-12-25(23)38)22-14-19(30(32,33)34)9-11-24(22)35-29(28)40/h2-4,6-7,9-12,14-15,26,38-39H,5,8,13,16-17H2,1H3,(H,35,40). The van der Waals surface area contributed by atoms with Crippen LogP contribution >= 0.6 is 23.4 Å². The maximum Gasteiger partial charge on any atom is 0.416 e. The minimum absolute atomic E-state index is 0.00541. The summed E-state index contributed by atoms with van der Waals surface area (Å²) >= 11 is 7.04. The zero-order chi connectivity index (χ0) is 29.7. The van der Waals surface area contributed by atoms with Gasteiger partial charge in [0.25, 0.3) is 5.56 Å². The highest BCUT2D eigenvalue weighted by Gasteiger charge is 2.31. The lowest BCUT2D eigenvalue weighted by molar-refractivity contribution is -0.137. The van der Waals surface area contributed by atoms with Crippen molar-refractivity contribution in [2.45, 2.75) is 30.0 Å². The third-order valence-electron chi connectivity index (χ3n) is 6.57. The van der Waals surface area contributed by atoms with Gasteiger partial charge >= 0.3 is 6.18 Å². The fraction of sp³-hybridized carbons (Fsp3) is 0.267. The molecule has 1 unspecified atom stereocenters. The fourth-order valence-corrected chi connectivity index (χ4v) is 5.67. The molecule has 0 spiro atoms. The van der Waals surface area contributed by atoms with E-state index < -0.39 is 23.4 Å². The highest BCUT2D eigenvalue weighted by Crippen LogP contribution is 2.42. The molecule has 1 aromatic heterocycles. The number of H-pyrrole nitrogens is 1. The van der Waals surface area contributed by atoms with Crippen molar-refractivity contribution < 1.29 is 28.2 Å². The number of thioether (sulfide) groups is 1. The van der Waals surface area contributed by atoms with Crippen LogP contribution in [0.4, 0.5) is 13.2 Å². The molecule has 0 bridgehead atoms. The molecule has 0 radical (unpaired) electrons. The van der Waals surface area contributed by atoms with E-state index in [4.69, 9.17) is 11.6 Å². The van der Waals surface area contributed by atoms with E-state index in [1.807, 2.05) is 42.3 Å². The molecule has 4 aromatic rings. The number of halogens is 4. The van der Waals surface area contributed by atoms with Gasteiger partial charge in [0, 0.05) is 40.0 Å². The second kappa shape index (κ2) is 13.1. The molecule has 0 aliphatic rings. The summed E-state index contributed by atoms with van der Waals surface area (Å²) in [5, 5.41) is 21.3. The van der Waals surface area contributed by atoms with E-state index in [0.717, 1.165) is 35.5 Å². The number of rotatable bonds is 11. The summed E-state index contributed by atoms with van der Waals surface area (Å²) in [6.45, 7) is 0.949. The number of fused-ring (bicyclic) bond motifs is 1. The van der Waals surface area contributed by atoms with Gasteiger partial charge in [0.2, 0.25) is 0 Å². The Labute approximate surface area is 243 Å². The third-order valence-corrected chi connectivity index (χ3v) is 7.95. The van der Waals surface area contributed by atoms with E-state index in [1.54, 1.807) is 0 Å². The minimum atomic E-state index is -4.63. The first-order chi connectivity index (χ1) is 19.4. The lowest BCUT2D eigenvalue weighted by atomic mass is 9.98. The smallest absolute Gasteiger partial charge is 0.416 e. The van der Waals surface area contributed by atoms with E-state index in [1.165, 1.54) is 18.2 Å². The molecule has 41 heavy (non-hydrogen) atoms. The zero-order valence-corrected chi connectivity index (χ0v) is 23.6.